The quantitative estimate of drug-likeness (QED) is 0.693. The second kappa shape index (κ2) is 8.65. The number of carbonyl (C=O) groups excluding carboxylic acids is 1. The van der Waals surface area contributed by atoms with Crippen LogP contribution in [0.25, 0.3) is 11.1 Å². The van der Waals surface area contributed by atoms with Crippen LogP contribution in [0, 0.1) is 11.3 Å². The van der Waals surface area contributed by atoms with Gasteiger partial charge in [0.25, 0.3) is 5.91 Å². The van der Waals surface area contributed by atoms with E-state index in [2.05, 4.69) is 5.32 Å². The maximum atomic E-state index is 12.3. The first-order valence-electron chi connectivity index (χ1n) is 8.75. The lowest BCUT2D eigenvalue weighted by atomic mass is 10.0. The number of hydrogen-bond acceptors (Lipinski definition) is 3. The maximum Gasteiger partial charge on any atom is 0.326 e. The molecule has 0 aliphatic carbocycles. The first-order valence-corrected chi connectivity index (χ1v) is 8.75. The Morgan fingerprint density at radius 2 is 1.50 bits per heavy atom. The lowest BCUT2D eigenvalue weighted by Gasteiger charge is -2.15. The van der Waals surface area contributed by atoms with Crippen molar-refractivity contribution in [1.82, 2.24) is 5.32 Å². The summed E-state index contributed by atoms with van der Waals surface area (Å²) in [4.78, 5) is 23.9. The standard InChI is InChI=1S/C23H18N2O3/c24-15-17-8-12-20(13-9-17)22(26)25-21(23(27)28)14-16-6-10-19(11-7-16)18-4-2-1-3-5-18/h1-13,21H,14H2,(H,25,26)(H,27,28)/t21-/m1/s1. The molecule has 0 saturated carbocycles. The molecule has 0 aliphatic heterocycles. The van der Waals surface area contributed by atoms with Crippen molar-refractivity contribution < 1.29 is 14.7 Å². The summed E-state index contributed by atoms with van der Waals surface area (Å²) >= 11 is 0. The smallest absolute Gasteiger partial charge is 0.326 e. The van der Waals surface area contributed by atoms with Crippen LogP contribution in [0.3, 0.4) is 0 Å². The fraction of sp³-hybridized carbons (Fsp3) is 0.0870. The third-order valence-corrected chi connectivity index (χ3v) is 4.38. The van der Waals surface area contributed by atoms with Crippen LogP contribution < -0.4 is 5.32 Å². The van der Waals surface area contributed by atoms with Gasteiger partial charge in [-0.3, -0.25) is 4.79 Å². The normalized spacial score (nSPS) is 11.2. The number of nitriles is 1. The number of carbonyl (C=O) groups is 2. The van der Waals surface area contributed by atoms with Gasteiger partial charge in [-0.15, -0.1) is 0 Å². The number of amides is 1. The molecular weight excluding hydrogens is 352 g/mol. The molecule has 3 aromatic carbocycles. The lowest BCUT2D eigenvalue weighted by molar-refractivity contribution is -0.139. The molecule has 28 heavy (non-hydrogen) atoms. The zero-order chi connectivity index (χ0) is 19.9. The van der Waals surface area contributed by atoms with Gasteiger partial charge >= 0.3 is 5.97 Å². The molecule has 138 valence electrons. The third kappa shape index (κ3) is 4.63. The van der Waals surface area contributed by atoms with Crippen molar-refractivity contribution in [2.75, 3.05) is 0 Å². The first kappa shape index (κ1) is 18.9. The van der Waals surface area contributed by atoms with E-state index in [-0.39, 0.29) is 6.42 Å². The molecule has 0 aliphatic rings. The molecule has 0 spiro atoms. The number of hydrogen-bond donors (Lipinski definition) is 2. The second-order valence-corrected chi connectivity index (χ2v) is 6.32. The molecule has 3 rings (SSSR count). The van der Waals surface area contributed by atoms with Crippen LogP contribution in [-0.2, 0) is 11.2 Å². The third-order valence-electron chi connectivity index (χ3n) is 4.38. The molecule has 1 atom stereocenters. The summed E-state index contributed by atoms with van der Waals surface area (Å²) in [6.45, 7) is 0. The van der Waals surface area contributed by atoms with Gasteiger partial charge in [-0.1, -0.05) is 54.6 Å². The number of nitrogens with one attached hydrogen (secondary N) is 1. The molecule has 1 amide bonds. The highest BCUT2D eigenvalue weighted by molar-refractivity contribution is 5.96. The van der Waals surface area contributed by atoms with Crippen LogP contribution >= 0.6 is 0 Å². The molecule has 5 nitrogen and oxygen atoms in total. The van der Waals surface area contributed by atoms with E-state index in [4.69, 9.17) is 5.26 Å². The van der Waals surface area contributed by atoms with Crippen LogP contribution in [0.4, 0.5) is 0 Å². The molecule has 0 heterocycles. The summed E-state index contributed by atoms with van der Waals surface area (Å²) in [5.74, 6) is -1.59. The Balaban J connectivity index is 1.69. The van der Waals surface area contributed by atoms with Gasteiger partial charge in [0.2, 0.25) is 0 Å². The van der Waals surface area contributed by atoms with Crippen LogP contribution in [0.5, 0.6) is 0 Å². The van der Waals surface area contributed by atoms with Gasteiger partial charge in [0.15, 0.2) is 0 Å². The van der Waals surface area contributed by atoms with Crippen molar-refractivity contribution >= 4 is 11.9 Å². The highest BCUT2D eigenvalue weighted by Gasteiger charge is 2.21. The van der Waals surface area contributed by atoms with E-state index in [1.165, 1.54) is 24.3 Å². The van der Waals surface area contributed by atoms with Crippen molar-refractivity contribution in [3.63, 3.8) is 0 Å². The molecule has 0 unspecified atom stereocenters. The van der Waals surface area contributed by atoms with Crippen molar-refractivity contribution in [1.29, 1.82) is 5.26 Å². The van der Waals surface area contributed by atoms with Crippen molar-refractivity contribution in [3.05, 3.63) is 95.6 Å². The molecule has 0 radical (unpaired) electrons. The Morgan fingerprint density at radius 3 is 2.07 bits per heavy atom. The van der Waals surface area contributed by atoms with Gasteiger partial charge in [-0.25, -0.2) is 4.79 Å². The summed E-state index contributed by atoms with van der Waals surface area (Å²) < 4.78 is 0. The van der Waals surface area contributed by atoms with Gasteiger partial charge in [-0.05, 0) is 41.0 Å². The first-order chi connectivity index (χ1) is 13.6. The van der Waals surface area contributed by atoms with E-state index in [0.29, 0.717) is 11.1 Å². The van der Waals surface area contributed by atoms with Gasteiger partial charge < -0.3 is 10.4 Å². The van der Waals surface area contributed by atoms with Crippen LogP contribution in [0.15, 0.2) is 78.9 Å². The highest BCUT2D eigenvalue weighted by atomic mass is 16.4. The second-order valence-electron chi connectivity index (χ2n) is 6.32. The predicted octanol–water partition coefficient (Wildman–Crippen LogP) is 3.65. The largest absolute Gasteiger partial charge is 0.480 e. The monoisotopic (exact) mass is 370 g/mol. The number of aliphatic carboxylic acids is 1. The zero-order valence-electron chi connectivity index (χ0n) is 15.0. The predicted molar refractivity (Wildman–Crippen MR) is 106 cm³/mol. The number of benzene rings is 3. The molecule has 0 fully saturated rings. The summed E-state index contributed by atoms with van der Waals surface area (Å²) in [5, 5.41) is 20.8. The Labute approximate surface area is 162 Å². The Kier molecular flexibility index (Phi) is 5.83. The Morgan fingerprint density at radius 1 is 0.893 bits per heavy atom. The number of carboxylic acids is 1. The topological polar surface area (TPSA) is 90.2 Å². The van der Waals surface area contributed by atoms with Crippen LogP contribution in [-0.4, -0.2) is 23.0 Å². The lowest BCUT2D eigenvalue weighted by Crippen LogP contribution is -2.42. The van der Waals surface area contributed by atoms with Crippen molar-refractivity contribution in [2.45, 2.75) is 12.5 Å². The summed E-state index contributed by atoms with van der Waals surface area (Å²) in [6, 6.07) is 24.5. The van der Waals surface area contributed by atoms with Gasteiger partial charge in [0, 0.05) is 12.0 Å². The summed E-state index contributed by atoms with van der Waals surface area (Å²) in [5.41, 5.74) is 3.68. The highest BCUT2D eigenvalue weighted by Crippen LogP contribution is 2.19. The minimum Gasteiger partial charge on any atom is -0.480 e. The minimum atomic E-state index is -1.10. The van der Waals surface area contributed by atoms with Crippen LogP contribution in [0.2, 0.25) is 0 Å². The SMILES string of the molecule is N#Cc1ccc(C(=O)N[C@H](Cc2ccc(-c3ccccc3)cc2)C(=O)O)cc1. The molecule has 3 aromatic rings. The average molecular weight is 370 g/mol. The van der Waals surface area contributed by atoms with E-state index in [1.807, 2.05) is 60.7 Å². The molecule has 2 N–H and O–H groups in total. The molecule has 0 bridgehead atoms. The molecule has 0 aromatic heterocycles. The van der Waals surface area contributed by atoms with Crippen molar-refractivity contribution in [2.24, 2.45) is 0 Å². The molecule has 5 heteroatoms. The number of nitrogens with zero attached hydrogens (tertiary/aromatic N) is 1. The number of rotatable bonds is 6. The summed E-state index contributed by atoms with van der Waals surface area (Å²) in [7, 11) is 0. The van der Waals surface area contributed by atoms with Gasteiger partial charge in [0.1, 0.15) is 6.04 Å². The van der Waals surface area contributed by atoms with Crippen LogP contribution in [0.1, 0.15) is 21.5 Å². The van der Waals surface area contributed by atoms with E-state index < -0.39 is 17.9 Å². The van der Waals surface area contributed by atoms with Gasteiger partial charge in [0.05, 0.1) is 11.6 Å². The van der Waals surface area contributed by atoms with Crippen molar-refractivity contribution in [3.8, 4) is 17.2 Å². The maximum absolute atomic E-state index is 12.3. The summed E-state index contributed by atoms with van der Waals surface area (Å²) in [6.07, 6.45) is 0.173. The fourth-order valence-electron chi connectivity index (χ4n) is 2.84. The molecule has 0 saturated heterocycles. The van der Waals surface area contributed by atoms with Gasteiger partial charge in [-0.2, -0.15) is 5.26 Å². The zero-order valence-corrected chi connectivity index (χ0v) is 15.0. The van der Waals surface area contributed by atoms with E-state index in [1.54, 1.807) is 0 Å². The van der Waals surface area contributed by atoms with E-state index in [9.17, 15) is 14.7 Å². The Hall–Kier alpha value is -3.91. The Bertz CT molecular complexity index is 1000. The van der Waals surface area contributed by atoms with E-state index in [0.717, 1.165) is 16.7 Å². The van der Waals surface area contributed by atoms with E-state index >= 15 is 0 Å². The average Bonchev–Trinajstić information content (AvgIpc) is 2.74. The molecular formula is C23H18N2O3. The minimum absolute atomic E-state index is 0.173. The number of carboxylic acid groups (broad SMARTS) is 1. The fourth-order valence-corrected chi connectivity index (χ4v) is 2.84.